The van der Waals surface area contributed by atoms with Gasteiger partial charge in [0.25, 0.3) is 0 Å². The molecule has 19 heavy (non-hydrogen) atoms. The van der Waals surface area contributed by atoms with Gasteiger partial charge in [0.2, 0.25) is 0 Å². The monoisotopic (exact) mass is 280 g/mol. The van der Waals surface area contributed by atoms with Crippen LogP contribution in [-0.2, 0) is 14.6 Å². The number of aliphatic hydroxyl groups is 1. The van der Waals surface area contributed by atoms with E-state index in [1.54, 1.807) is 18.1 Å². The summed E-state index contributed by atoms with van der Waals surface area (Å²) >= 11 is 0. The number of rotatable bonds is 5. The van der Waals surface area contributed by atoms with Crippen molar-refractivity contribution >= 4 is 15.8 Å². The summed E-state index contributed by atoms with van der Waals surface area (Å²) in [5.74, 6) is 1.58. The van der Waals surface area contributed by atoms with E-state index >= 15 is 0 Å². The molecular formula is C14H16O4S. The number of hydrogen-bond donors (Lipinski definition) is 1. The summed E-state index contributed by atoms with van der Waals surface area (Å²) in [4.78, 5) is 10.9. The van der Waals surface area contributed by atoms with Gasteiger partial charge in [-0.25, -0.2) is 13.2 Å². The van der Waals surface area contributed by atoms with Crippen molar-refractivity contribution < 1.29 is 18.3 Å². The molecule has 1 aromatic rings. The van der Waals surface area contributed by atoms with E-state index in [-0.39, 0.29) is 22.8 Å². The fourth-order valence-electron chi connectivity index (χ4n) is 2.34. The first-order chi connectivity index (χ1) is 8.93. The molecule has 0 saturated heterocycles. The average molecular weight is 280 g/mol. The van der Waals surface area contributed by atoms with E-state index < -0.39 is 9.84 Å². The Kier molecular flexibility index (Phi) is 3.63. The predicted octanol–water partition coefficient (Wildman–Crippen LogP) is 1.33. The molecule has 0 spiro atoms. The Morgan fingerprint density at radius 3 is 2.32 bits per heavy atom. The predicted molar refractivity (Wildman–Crippen MR) is 71.3 cm³/mol. The second-order valence-electron chi connectivity index (χ2n) is 5.12. The van der Waals surface area contributed by atoms with Crippen molar-refractivity contribution in [1.29, 1.82) is 0 Å². The van der Waals surface area contributed by atoms with Gasteiger partial charge in [0.15, 0.2) is 9.84 Å². The second kappa shape index (κ2) is 4.93. The minimum Gasteiger partial charge on any atom is -0.396 e. The molecule has 1 aliphatic rings. The molecule has 0 aliphatic heterocycles. The lowest BCUT2D eigenvalue weighted by atomic mass is 9.84. The Bertz CT molecular complexity index is 605. The van der Waals surface area contributed by atoms with Gasteiger partial charge in [-0.1, -0.05) is 12.1 Å². The van der Waals surface area contributed by atoms with Crippen LogP contribution in [0, 0.1) is 5.41 Å². The van der Waals surface area contributed by atoms with E-state index in [0.717, 1.165) is 24.7 Å². The van der Waals surface area contributed by atoms with Crippen molar-refractivity contribution in [2.45, 2.75) is 23.7 Å². The number of carbonyl (C=O) groups excluding carboxylic acids is 1. The maximum absolute atomic E-state index is 11.4. The lowest BCUT2D eigenvalue weighted by molar-refractivity contribution is 0.199. The zero-order valence-electron chi connectivity index (χ0n) is 10.7. The molecule has 2 rings (SSSR count). The van der Waals surface area contributed by atoms with Crippen molar-refractivity contribution in [3.05, 3.63) is 35.9 Å². The van der Waals surface area contributed by atoms with Crippen LogP contribution in [0.2, 0.25) is 0 Å². The summed E-state index contributed by atoms with van der Waals surface area (Å²) in [5.41, 5.74) is 0.562. The van der Waals surface area contributed by atoms with Gasteiger partial charge in [-0.05, 0) is 30.5 Å². The largest absolute Gasteiger partial charge is 0.396 e. The number of allylic oxidation sites excluding steroid dienone is 1. The molecule has 1 saturated carbocycles. The van der Waals surface area contributed by atoms with Gasteiger partial charge in [0.05, 0.1) is 4.90 Å². The quantitative estimate of drug-likeness (QED) is 0.826. The normalized spacial score (nSPS) is 18.4. The van der Waals surface area contributed by atoms with Gasteiger partial charge in [0, 0.05) is 30.3 Å². The molecule has 1 aromatic carbocycles. The SMILES string of the molecule is CS(=O)(=O)c1ccc(C(C=C=O)C2(CO)CC2)cc1. The van der Waals surface area contributed by atoms with Crippen molar-refractivity contribution in [2.75, 3.05) is 12.9 Å². The van der Waals surface area contributed by atoms with Gasteiger partial charge in [-0.3, -0.25) is 0 Å². The average Bonchev–Trinajstić information content (AvgIpc) is 3.16. The van der Waals surface area contributed by atoms with Gasteiger partial charge in [-0.2, -0.15) is 0 Å². The highest BCUT2D eigenvalue weighted by molar-refractivity contribution is 7.90. The van der Waals surface area contributed by atoms with Gasteiger partial charge in [-0.15, -0.1) is 0 Å². The highest BCUT2D eigenvalue weighted by Crippen LogP contribution is 2.56. The molecule has 102 valence electrons. The summed E-state index contributed by atoms with van der Waals surface area (Å²) < 4.78 is 22.8. The first-order valence-corrected chi connectivity index (χ1v) is 7.94. The summed E-state index contributed by atoms with van der Waals surface area (Å²) in [7, 11) is -3.22. The Labute approximate surface area is 112 Å². The number of hydrogen-bond acceptors (Lipinski definition) is 4. The van der Waals surface area contributed by atoms with Crippen LogP contribution in [0.15, 0.2) is 35.2 Å². The van der Waals surface area contributed by atoms with Crippen molar-refractivity contribution in [3.8, 4) is 0 Å². The molecule has 1 aliphatic carbocycles. The van der Waals surface area contributed by atoms with E-state index in [9.17, 15) is 18.3 Å². The van der Waals surface area contributed by atoms with E-state index in [2.05, 4.69) is 0 Å². The summed E-state index contributed by atoms with van der Waals surface area (Å²) in [6.07, 6.45) is 4.29. The third-order valence-corrected chi connectivity index (χ3v) is 4.90. The lowest BCUT2D eigenvalue weighted by Crippen LogP contribution is -2.17. The van der Waals surface area contributed by atoms with Crippen LogP contribution in [-0.4, -0.2) is 32.3 Å². The second-order valence-corrected chi connectivity index (χ2v) is 7.14. The molecule has 1 N–H and O–H groups in total. The van der Waals surface area contributed by atoms with Crippen LogP contribution in [0.25, 0.3) is 0 Å². The molecule has 0 bridgehead atoms. The maximum Gasteiger partial charge on any atom is 0.175 e. The molecule has 0 aromatic heterocycles. The van der Waals surface area contributed by atoms with Crippen LogP contribution in [0.1, 0.15) is 24.3 Å². The van der Waals surface area contributed by atoms with Crippen LogP contribution in [0.4, 0.5) is 0 Å². The van der Waals surface area contributed by atoms with Crippen LogP contribution >= 0.6 is 0 Å². The molecule has 1 unspecified atom stereocenters. The highest BCUT2D eigenvalue weighted by Gasteiger charge is 2.48. The lowest BCUT2D eigenvalue weighted by Gasteiger charge is -2.21. The van der Waals surface area contributed by atoms with E-state index in [0.29, 0.717) is 0 Å². The topological polar surface area (TPSA) is 71.4 Å². The molecule has 0 radical (unpaired) electrons. The fraction of sp³-hybridized carbons (Fsp3) is 0.429. The molecule has 1 atom stereocenters. The Hall–Kier alpha value is -1.42. The molecular weight excluding hydrogens is 264 g/mol. The Morgan fingerprint density at radius 1 is 1.37 bits per heavy atom. The zero-order valence-corrected chi connectivity index (χ0v) is 11.5. The minimum atomic E-state index is -3.22. The third-order valence-electron chi connectivity index (χ3n) is 3.77. The first kappa shape index (κ1) is 14.0. The standard InChI is InChI=1S/C14H16O4S/c1-19(17,18)12-4-2-11(3-5-12)13(6-9-15)14(10-16)7-8-14/h2-6,13,16H,7-8,10H2,1H3. The molecule has 4 nitrogen and oxygen atoms in total. The maximum atomic E-state index is 11.4. The van der Waals surface area contributed by atoms with Crippen LogP contribution in [0.5, 0.6) is 0 Å². The van der Waals surface area contributed by atoms with Crippen LogP contribution in [0.3, 0.4) is 0 Å². The van der Waals surface area contributed by atoms with Crippen molar-refractivity contribution in [1.82, 2.24) is 0 Å². The minimum absolute atomic E-state index is 0.0175. The van der Waals surface area contributed by atoms with Gasteiger partial charge in [0.1, 0.15) is 5.94 Å². The molecule has 1 fully saturated rings. The van der Waals surface area contributed by atoms with Crippen LogP contribution < -0.4 is 0 Å². The zero-order chi connectivity index (χ0) is 14.1. The number of aliphatic hydroxyl groups excluding tert-OH is 1. The van der Waals surface area contributed by atoms with E-state index in [1.165, 1.54) is 18.2 Å². The highest BCUT2D eigenvalue weighted by atomic mass is 32.2. The molecule has 0 amide bonds. The first-order valence-electron chi connectivity index (χ1n) is 6.05. The van der Waals surface area contributed by atoms with Gasteiger partial charge >= 0.3 is 0 Å². The summed E-state index contributed by atoms with van der Waals surface area (Å²) in [5, 5.41) is 9.45. The number of benzene rings is 1. The van der Waals surface area contributed by atoms with Crippen molar-refractivity contribution in [2.24, 2.45) is 5.41 Å². The Morgan fingerprint density at radius 2 is 1.95 bits per heavy atom. The fourth-order valence-corrected chi connectivity index (χ4v) is 2.98. The molecule has 5 heteroatoms. The third kappa shape index (κ3) is 2.78. The van der Waals surface area contributed by atoms with E-state index in [1.807, 2.05) is 0 Å². The van der Waals surface area contributed by atoms with Gasteiger partial charge < -0.3 is 5.11 Å². The van der Waals surface area contributed by atoms with Crippen molar-refractivity contribution in [3.63, 3.8) is 0 Å². The molecule has 0 heterocycles. The Balaban J connectivity index is 2.36. The van der Waals surface area contributed by atoms with E-state index in [4.69, 9.17) is 0 Å². The smallest absolute Gasteiger partial charge is 0.175 e. The summed E-state index contributed by atoms with van der Waals surface area (Å²) in [6.45, 7) is 0.0175. The number of sulfone groups is 1. The summed E-state index contributed by atoms with van der Waals surface area (Å²) in [6, 6.07) is 6.46.